The molecule has 0 fully saturated rings. The number of nitrogen functional groups attached to an aromatic ring is 1. The standard InChI is InChI=1S/C16H21FN4/c1-5-21(12-9-7-6-8-11(12)17)14-10-13(18)19-15(20-14)16(2,3)4/h6-10H,5H2,1-4H3,(H2,18,19,20). The molecule has 21 heavy (non-hydrogen) atoms. The molecule has 0 saturated heterocycles. The van der Waals surface area contributed by atoms with Gasteiger partial charge in [-0.3, -0.25) is 0 Å². The van der Waals surface area contributed by atoms with Crippen molar-refractivity contribution in [3.05, 3.63) is 42.0 Å². The maximum Gasteiger partial charge on any atom is 0.146 e. The Morgan fingerprint density at radius 3 is 2.43 bits per heavy atom. The molecule has 0 aliphatic carbocycles. The van der Waals surface area contributed by atoms with Crippen LogP contribution in [0.2, 0.25) is 0 Å². The van der Waals surface area contributed by atoms with E-state index in [0.717, 1.165) is 0 Å². The Labute approximate surface area is 124 Å². The monoisotopic (exact) mass is 288 g/mol. The Kier molecular flexibility index (Phi) is 4.11. The van der Waals surface area contributed by atoms with E-state index in [1.165, 1.54) is 6.07 Å². The average Bonchev–Trinajstić information content (AvgIpc) is 2.40. The molecule has 0 amide bonds. The maximum absolute atomic E-state index is 14.0. The van der Waals surface area contributed by atoms with Gasteiger partial charge in [0.25, 0.3) is 0 Å². The topological polar surface area (TPSA) is 55.0 Å². The van der Waals surface area contributed by atoms with Gasteiger partial charge in [0, 0.05) is 18.0 Å². The van der Waals surface area contributed by atoms with Gasteiger partial charge in [0.05, 0.1) is 5.69 Å². The predicted octanol–water partition coefficient (Wildman–Crippen LogP) is 3.65. The molecule has 1 aromatic carbocycles. The molecule has 0 aliphatic rings. The van der Waals surface area contributed by atoms with Crippen LogP contribution in [-0.4, -0.2) is 16.5 Å². The van der Waals surface area contributed by atoms with E-state index in [-0.39, 0.29) is 11.2 Å². The summed E-state index contributed by atoms with van der Waals surface area (Å²) >= 11 is 0. The van der Waals surface area contributed by atoms with Gasteiger partial charge in [-0.2, -0.15) is 0 Å². The molecule has 0 bridgehead atoms. The van der Waals surface area contributed by atoms with Gasteiger partial charge >= 0.3 is 0 Å². The van der Waals surface area contributed by atoms with Crippen molar-refractivity contribution in [2.45, 2.75) is 33.1 Å². The van der Waals surface area contributed by atoms with Gasteiger partial charge in [-0.05, 0) is 19.1 Å². The van der Waals surface area contributed by atoms with Gasteiger partial charge in [-0.1, -0.05) is 32.9 Å². The first-order chi connectivity index (χ1) is 9.82. The van der Waals surface area contributed by atoms with Crippen LogP contribution in [-0.2, 0) is 5.41 Å². The lowest BCUT2D eigenvalue weighted by Gasteiger charge is -2.25. The van der Waals surface area contributed by atoms with Crippen molar-refractivity contribution in [1.82, 2.24) is 9.97 Å². The van der Waals surface area contributed by atoms with Gasteiger partial charge in [0.1, 0.15) is 23.3 Å². The molecule has 2 N–H and O–H groups in total. The van der Waals surface area contributed by atoms with Crippen molar-refractivity contribution < 1.29 is 4.39 Å². The molecule has 1 heterocycles. The van der Waals surface area contributed by atoms with Crippen molar-refractivity contribution in [2.75, 3.05) is 17.2 Å². The number of benzene rings is 1. The molecular formula is C16H21FN4. The number of nitrogens with zero attached hydrogens (tertiary/aromatic N) is 3. The first kappa shape index (κ1) is 15.2. The highest BCUT2D eigenvalue weighted by atomic mass is 19.1. The minimum Gasteiger partial charge on any atom is -0.384 e. The van der Waals surface area contributed by atoms with Crippen LogP contribution in [0, 0.1) is 5.82 Å². The van der Waals surface area contributed by atoms with Gasteiger partial charge in [-0.15, -0.1) is 0 Å². The minimum absolute atomic E-state index is 0.223. The summed E-state index contributed by atoms with van der Waals surface area (Å²) in [6, 6.07) is 8.31. The van der Waals surface area contributed by atoms with Crippen molar-refractivity contribution in [1.29, 1.82) is 0 Å². The lowest BCUT2D eigenvalue weighted by molar-refractivity contribution is 0.546. The Balaban J connectivity index is 2.53. The van der Waals surface area contributed by atoms with E-state index < -0.39 is 0 Å². The summed E-state index contributed by atoms with van der Waals surface area (Å²) in [6.45, 7) is 8.59. The third-order valence-electron chi connectivity index (χ3n) is 3.14. The highest BCUT2D eigenvalue weighted by Crippen LogP contribution is 2.29. The van der Waals surface area contributed by atoms with E-state index in [1.807, 2.05) is 27.7 Å². The predicted molar refractivity (Wildman–Crippen MR) is 84.2 cm³/mol. The quantitative estimate of drug-likeness (QED) is 0.936. The highest BCUT2D eigenvalue weighted by Gasteiger charge is 2.21. The molecule has 2 rings (SSSR count). The number of hydrogen-bond donors (Lipinski definition) is 1. The zero-order valence-corrected chi connectivity index (χ0v) is 12.9. The van der Waals surface area contributed by atoms with Crippen molar-refractivity contribution in [2.24, 2.45) is 0 Å². The normalized spacial score (nSPS) is 11.5. The first-order valence-electron chi connectivity index (χ1n) is 7.00. The Hall–Kier alpha value is -2.17. The number of aromatic nitrogens is 2. The second kappa shape index (κ2) is 5.68. The second-order valence-electron chi connectivity index (χ2n) is 5.92. The summed E-state index contributed by atoms with van der Waals surface area (Å²) in [6.07, 6.45) is 0. The molecule has 0 saturated carbocycles. The first-order valence-corrected chi connectivity index (χ1v) is 7.00. The second-order valence-corrected chi connectivity index (χ2v) is 5.92. The molecule has 5 heteroatoms. The van der Waals surface area contributed by atoms with Gasteiger partial charge in [-0.25, -0.2) is 14.4 Å². The molecule has 112 valence electrons. The average molecular weight is 288 g/mol. The molecule has 2 aromatic rings. The van der Waals surface area contributed by atoms with E-state index in [1.54, 1.807) is 29.2 Å². The number of rotatable bonds is 3. The molecular weight excluding hydrogens is 267 g/mol. The minimum atomic E-state index is -0.283. The fourth-order valence-corrected chi connectivity index (χ4v) is 2.05. The van der Waals surface area contributed by atoms with Crippen LogP contribution < -0.4 is 10.6 Å². The fourth-order valence-electron chi connectivity index (χ4n) is 2.05. The number of hydrogen-bond acceptors (Lipinski definition) is 4. The van der Waals surface area contributed by atoms with Crippen LogP contribution in [0.1, 0.15) is 33.5 Å². The number of nitrogens with two attached hydrogens (primary N) is 1. The largest absolute Gasteiger partial charge is 0.384 e. The van der Waals surface area contributed by atoms with E-state index in [9.17, 15) is 4.39 Å². The van der Waals surface area contributed by atoms with Crippen LogP contribution in [0.4, 0.5) is 21.7 Å². The summed E-state index contributed by atoms with van der Waals surface area (Å²) in [5.74, 6) is 1.36. The summed E-state index contributed by atoms with van der Waals surface area (Å²) in [5.41, 5.74) is 6.15. The lowest BCUT2D eigenvalue weighted by Crippen LogP contribution is -2.23. The van der Waals surface area contributed by atoms with Crippen LogP contribution in [0.15, 0.2) is 30.3 Å². The van der Waals surface area contributed by atoms with Gasteiger partial charge in [0.2, 0.25) is 0 Å². The van der Waals surface area contributed by atoms with Crippen molar-refractivity contribution in [3.63, 3.8) is 0 Å². The summed E-state index contributed by atoms with van der Waals surface area (Å²) in [7, 11) is 0. The highest BCUT2D eigenvalue weighted by molar-refractivity contribution is 5.62. The zero-order valence-electron chi connectivity index (χ0n) is 12.9. The van der Waals surface area contributed by atoms with Gasteiger partial charge in [0.15, 0.2) is 0 Å². The van der Waals surface area contributed by atoms with Crippen LogP contribution >= 0.6 is 0 Å². The Morgan fingerprint density at radius 2 is 1.86 bits per heavy atom. The molecule has 0 unspecified atom stereocenters. The van der Waals surface area contributed by atoms with Crippen LogP contribution in [0.3, 0.4) is 0 Å². The third-order valence-corrected chi connectivity index (χ3v) is 3.14. The van der Waals surface area contributed by atoms with Crippen LogP contribution in [0.25, 0.3) is 0 Å². The lowest BCUT2D eigenvalue weighted by atomic mass is 9.96. The van der Waals surface area contributed by atoms with Gasteiger partial charge < -0.3 is 10.6 Å². The van der Waals surface area contributed by atoms with E-state index in [4.69, 9.17) is 5.73 Å². The molecule has 0 aliphatic heterocycles. The van der Waals surface area contributed by atoms with Crippen molar-refractivity contribution >= 4 is 17.3 Å². The third kappa shape index (κ3) is 3.29. The fraction of sp³-hybridized carbons (Fsp3) is 0.375. The summed E-state index contributed by atoms with van der Waals surface area (Å²) < 4.78 is 14.0. The van der Waals surface area contributed by atoms with E-state index in [0.29, 0.717) is 29.7 Å². The number of anilines is 3. The molecule has 0 atom stereocenters. The zero-order chi connectivity index (χ0) is 15.6. The van der Waals surface area contributed by atoms with E-state index >= 15 is 0 Å². The molecule has 1 aromatic heterocycles. The summed E-state index contributed by atoms with van der Waals surface area (Å²) in [4.78, 5) is 10.6. The molecule has 4 nitrogen and oxygen atoms in total. The summed E-state index contributed by atoms with van der Waals surface area (Å²) in [5, 5.41) is 0. The Bertz CT molecular complexity index is 634. The van der Waals surface area contributed by atoms with Crippen molar-refractivity contribution in [3.8, 4) is 0 Å². The van der Waals surface area contributed by atoms with E-state index in [2.05, 4.69) is 9.97 Å². The SMILES string of the molecule is CCN(c1cc(N)nc(C(C)(C)C)n1)c1ccccc1F. The number of halogens is 1. The number of para-hydroxylation sites is 1. The Morgan fingerprint density at radius 1 is 1.19 bits per heavy atom. The molecule has 0 spiro atoms. The smallest absolute Gasteiger partial charge is 0.146 e. The van der Waals surface area contributed by atoms with Crippen LogP contribution in [0.5, 0.6) is 0 Å². The molecule has 0 radical (unpaired) electrons. The maximum atomic E-state index is 14.0.